The van der Waals surface area contributed by atoms with E-state index >= 15 is 0 Å². The lowest BCUT2D eigenvalue weighted by Gasteiger charge is -2.16. The van der Waals surface area contributed by atoms with Crippen molar-refractivity contribution >= 4 is 5.91 Å². The zero-order valence-corrected chi connectivity index (χ0v) is 8.97. The van der Waals surface area contributed by atoms with Gasteiger partial charge in [-0.15, -0.1) is 0 Å². The number of amides is 1. The van der Waals surface area contributed by atoms with Crippen molar-refractivity contribution in [2.24, 2.45) is 5.92 Å². The van der Waals surface area contributed by atoms with Crippen molar-refractivity contribution in [2.45, 2.75) is 6.42 Å². The third-order valence-electron chi connectivity index (χ3n) is 2.97. The second-order valence-corrected chi connectivity index (χ2v) is 4.11. The summed E-state index contributed by atoms with van der Waals surface area (Å²) in [6, 6.07) is 6.54. The van der Waals surface area contributed by atoms with Gasteiger partial charge < -0.3 is 15.1 Å². The molecule has 1 saturated heterocycles. The molecule has 0 aliphatic carbocycles. The predicted molar refractivity (Wildman–Crippen MR) is 59.2 cm³/mol. The van der Waals surface area contributed by atoms with Crippen molar-refractivity contribution in [2.75, 3.05) is 19.7 Å². The molecule has 1 aromatic carbocycles. The van der Waals surface area contributed by atoms with Gasteiger partial charge in [-0.3, -0.25) is 4.79 Å². The number of aliphatic hydroxyl groups excluding tert-OH is 1. The van der Waals surface area contributed by atoms with Crippen molar-refractivity contribution in [1.82, 2.24) is 4.90 Å². The number of carbonyl (C=O) groups is 1. The van der Waals surface area contributed by atoms with Crippen LogP contribution in [0.5, 0.6) is 5.75 Å². The van der Waals surface area contributed by atoms with E-state index in [1.54, 1.807) is 23.1 Å². The van der Waals surface area contributed by atoms with Crippen LogP contribution in [-0.4, -0.2) is 40.7 Å². The van der Waals surface area contributed by atoms with Crippen LogP contribution >= 0.6 is 0 Å². The number of aromatic hydroxyl groups is 1. The van der Waals surface area contributed by atoms with E-state index in [-0.39, 0.29) is 24.2 Å². The second kappa shape index (κ2) is 4.53. The average Bonchev–Trinajstić information content (AvgIpc) is 2.77. The molecule has 1 heterocycles. The molecule has 1 aromatic rings. The monoisotopic (exact) mass is 221 g/mol. The molecule has 0 saturated carbocycles. The molecule has 1 unspecified atom stereocenters. The number of nitrogens with zero attached hydrogens (tertiary/aromatic N) is 1. The maximum Gasteiger partial charge on any atom is 0.257 e. The van der Waals surface area contributed by atoms with E-state index in [4.69, 9.17) is 5.11 Å². The number of hydrogen-bond donors (Lipinski definition) is 2. The lowest BCUT2D eigenvalue weighted by molar-refractivity contribution is 0.0779. The number of rotatable bonds is 2. The molecule has 1 atom stereocenters. The summed E-state index contributed by atoms with van der Waals surface area (Å²) >= 11 is 0. The molecule has 0 radical (unpaired) electrons. The Morgan fingerprint density at radius 3 is 2.81 bits per heavy atom. The third kappa shape index (κ3) is 2.02. The molecular weight excluding hydrogens is 206 g/mol. The molecule has 2 rings (SSSR count). The number of aliphatic hydroxyl groups is 1. The molecule has 1 aliphatic rings. The Labute approximate surface area is 94.1 Å². The van der Waals surface area contributed by atoms with E-state index in [1.807, 2.05) is 0 Å². The van der Waals surface area contributed by atoms with E-state index in [2.05, 4.69) is 0 Å². The quantitative estimate of drug-likeness (QED) is 0.778. The van der Waals surface area contributed by atoms with Gasteiger partial charge in [-0.2, -0.15) is 0 Å². The van der Waals surface area contributed by atoms with Crippen LogP contribution in [0.25, 0.3) is 0 Å². The van der Waals surface area contributed by atoms with E-state index in [9.17, 15) is 9.90 Å². The molecular formula is C12H15NO3. The van der Waals surface area contributed by atoms with Gasteiger partial charge in [-0.1, -0.05) is 12.1 Å². The molecule has 0 aromatic heterocycles. The summed E-state index contributed by atoms with van der Waals surface area (Å²) in [6.45, 7) is 1.34. The van der Waals surface area contributed by atoms with Crippen molar-refractivity contribution in [1.29, 1.82) is 0 Å². The second-order valence-electron chi connectivity index (χ2n) is 4.11. The van der Waals surface area contributed by atoms with Crippen LogP contribution in [0.2, 0.25) is 0 Å². The summed E-state index contributed by atoms with van der Waals surface area (Å²) in [7, 11) is 0. The Hall–Kier alpha value is -1.55. The van der Waals surface area contributed by atoms with Gasteiger partial charge >= 0.3 is 0 Å². The van der Waals surface area contributed by atoms with E-state index in [0.29, 0.717) is 18.7 Å². The Bertz CT molecular complexity index is 392. The first-order chi connectivity index (χ1) is 7.72. The van der Waals surface area contributed by atoms with E-state index in [0.717, 1.165) is 6.42 Å². The summed E-state index contributed by atoms with van der Waals surface area (Å²) < 4.78 is 0. The number of phenols is 1. The molecule has 0 spiro atoms. The minimum atomic E-state index is -0.158. The fourth-order valence-electron chi connectivity index (χ4n) is 1.99. The fraction of sp³-hybridized carbons (Fsp3) is 0.417. The summed E-state index contributed by atoms with van der Waals surface area (Å²) in [6.07, 6.45) is 0.829. The van der Waals surface area contributed by atoms with Crippen molar-refractivity contribution in [3.8, 4) is 5.75 Å². The Kier molecular flexibility index (Phi) is 3.10. The normalized spacial score (nSPS) is 20.1. The zero-order chi connectivity index (χ0) is 11.5. The van der Waals surface area contributed by atoms with Gasteiger partial charge in [0.2, 0.25) is 0 Å². The highest BCUT2D eigenvalue weighted by Crippen LogP contribution is 2.22. The lowest BCUT2D eigenvalue weighted by Crippen LogP contribution is -2.29. The molecule has 16 heavy (non-hydrogen) atoms. The Morgan fingerprint density at radius 1 is 1.44 bits per heavy atom. The topological polar surface area (TPSA) is 60.8 Å². The minimum Gasteiger partial charge on any atom is -0.507 e. The first-order valence-corrected chi connectivity index (χ1v) is 5.40. The molecule has 4 heteroatoms. The summed E-state index contributed by atoms with van der Waals surface area (Å²) in [4.78, 5) is 13.7. The van der Waals surface area contributed by atoms with Crippen LogP contribution in [0.3, 0.4) is 0 Å². The highest BCUT2D eigenvalue weighted by atomic mass is 16.3. The molecule has 4 nitrogen and oxygen atoms in total. The van der Waals surface area contributed by atoms with Crippen LogP contribution in [0.4, 0.5) is 0 Å². The van der Waals surface area contributed by atoms with E-state index in [1.165, 1.54) is 6.07 Å². The average molecular weight is 221 g/mol. The van der Waals surface area contributed by atoms with Crippen molar-refractivity contribution in [3.05, 3.63) is 29.8 Å². The summed E-state index contributed by atoms with van der Waals surface area (Å²) in [5.74, 6) is 0.0313. The number of benzene rings is 1. The van der Waals surface area contributed by atoms with Gasteiger partial charge in [0.05, 0.1) is 5.56 Å². The van der Waals surface area contributed by atoms with Crippen LogP contribution in [0, 0.1) is 5.92 Å². The predicted octanol–water partition coefficient (Wildman–Crippen LogP) is 0.847. The van der Waals surface area contributed by atoms with E-state index < -0.39 is 0 Å². The van der Waals surface area contributed by atoms with Crippen LogP contribution in [0.15, 0.2) is 24.3 Å². The molecule has 1 amide bonds. The Balaban J connectivity index is 2.12. The molecule has 1 aliphatic heterocycles. The molecule has 2 N–H and O–H groups in total. The summed E-state index contributed by atoms with van der Waals surface area (Å²) in [5, 5.41) is 18.6. The number of para-hydroxylation sites is 1. The lowest BCUT2D eigenvalue weighted by atomic mass is 10.1. The number of phenolic OH excluding ortho intramolecular Hbond substituents is 1. The van der Waals surface area contributed by atoms with Gasteiger partial charge in [0.25, 0.3) is 5.91 Å². The van der Waals surface area contributed by atoms with Gasteiger partial charge in [-0.05, 0) is 18.6 Å². The largest absolute Gasteiger partial charge is 0.507 e. The van der Waals surface area contributed by atoms with Gasteiger partial charge in [0, 0.05) is 25.6 Å². The smallest absolute Gasteiger partial charge is 0.257 e. The summed E-state index contributed by atoms with van der Waals surface area (Å²) in [5.41, 5.74) is 0.334. The van der Waals surface area contributed by atoms with Crippen molar-refractivity contribution < 1.29 is 15.0 Å². The highest BCUT2D eigenvalue weighted by Gasteiger charge is 2.27. The molecule has 0 bridgehead atoms. The van der Waals surface area contributed by atoms with Crippen LogP contribution in [0.1, 0.15) is 16.8 Å². The number of likely N-dealkylation sites (tertiary alicyclic amines) is 1. The first-order valence-electron chi connectivity index (χ1n) is 5.40. The highest BCUT2D eigenvalue weighted by molar-refractivity contribution is 5.96. The molecule has 1 fully saturated rings. The fourth-order valence-corrected chi connectivity index (χ4v) is 1.99. The van der Waals surface area contributed by atoms with Crippen molar-refractivity contribution in [3.63, 3.8) is 0 Å². The van der Waals surface area contributed by atoms with Gasteiger partial charge in [-0.25, -0.2) is 0 Å². The molecule has 86 valence electrons. The SMILES string of the molecule is O=C(c1ccccc1O)N1CCC(CO)C1. The van der Waals surface area contributed by atoms with Crippen LogP contribution < -0.4 is 0 Å². The van der Waals surface area contributed by atoms with Crippen LogP contribution in [-0.2, 0) is 0 Å². The third-order valence-corrected chi connectivity index (χ3v) is 2.97. The number of hydrogen-bond acceptors (Lipinski definition) is 3. The first kappa shape index (κ1) is 11.0. The number of carbonyl (C=O) groups excluding carboxylic acids is 1. The maximum atomic E-state index is 12.0. The van der Waals surface area contributed by atoms with Gasteiger partial charge in [0.15, 0.2) is 0 Å². The maximum absolute atomic E-state index is 12.0. The van der Waals surface area contributed by atoms with Gasteiger partial charge in [0.1, 0.15) is 5.75 Å². The zero-order valence-electron chi connectivity index (χ0n) is 8.97. The Morgan fingerprint density at radius 2 is 2.19 bits per heavy atom. The minimum absolute atomic E-state index is 0.0138. The standard InChI is InChI=1S/C12H15NO3/c14-8-9-5-6-13(7-9)12(16)10-3-1-2-4-11(10)15/h1-4,9,14-15H,5-8H2.